The van der Waals surface area contributed by atoms with Gasteiger partial charge in [0.2, 0.25) is 0 Å². The number of carbonyl (C=O) groups is 2. The quantitative estimate of drug-likeness (QED) is 0.154. The van der Waals surface area contributed by atoms with Gasteiger partial charge in [-0.1, -0.05) is 0 Å². The first kappa shape index (κ1) is 36.8. The van der Waals surface area contributed by atoms with Crippen molar-refractivity contribution >= 4 is 23.0 Å². The number of aromatic carboxylic acids is 1. The number of fused-ring (bicyclic) bond motifs is 2. The second kappa shape index (κ2) is 18.5. The van der Waals surface area contributed by atoms with Crippen LogP contribution in [0.3, 0.4) is 0 Å². The van der Waals surface area contributed by atoms with E-state index in [1.165, 1.54) is 16.9 Å². The minimum absolute atomic E-state index is 0. The summed E-state index contributed by atoms with van der Waals surface area (Å²) >= 11 is 0. The number of carboxylic acid groups (broad SMARTS) is 1. The molecule has 46 heavy (non-hydrogen) atoms. The molecule has 0 saturated carbocycles. The number of nitrogens with zero attached hydrogens (tertiary/aromatic N) is 6. The zero-order valence-electron chi connectivity index (χ0n) is 26.2. The molecule has 16 heteroatoms. The van der Waals surface area contributed by atoms with Crippen LogP contribution in [0.1, 0.15) is 27.6 Å². The summed E-state index contributed by atoms with van der Waals surface area (Å²) in [5.74, 6) is 0.0130. The summed E-state index contributed by atoms with van der Waals surface area (Å²) in [4.78, 5) is 27.6. The maximum absolute atomic E-state index is 11.9. The zero-order chi connectivity index (χ0) is 30.7. The van der Waals surface area contributed by atoms with Crippen LogP contribution in [-0.2, 0) is 14.2 Å². The number of hydrogen-bond acceptors (Lipinski definition) is 12. The first-order valence-corrected chi connectivity index (χ1v) is 14.7. The molecule has 2 N–H and O–H groups in total. The molecule has 0 spiro atoms. The largest absolute Gasteiger partial charge is 1.00 e. The maximum atomic E-state index is 11.9. The molecule has 2 fully saturated rings. The van der Waals surface area contributed by atoms with Crippen molar-refractivity contribution in [2.75, 3.05) is 85.5 Å². The van der Waals surface area contributed by atoms with Gasteiger partial charge in [0.05, 0.1) is 56.5 Å². The number of hydrogen-bond donors (Lipinski definition) is 1. The molecule has 4 aromatic heterocycles. The summed E-state index contributed by atoms with van der Waals surface area (Å²) in [5, 5.41) is 17.2. The maximum Gasteiger partial charge on any atom is 1.00 e. The van der Waals surface area contributed by atoms with Gasteiger partial charge in [-0.3, -0.25) is 9.80 Å². The van der Waals surface area contributed by atoms with Gasteiger partial charge >= 0.3 is 30.8 Å². The fraction of sp³-hybridized carbons (Fsp3) is 0.467. The van der Waals surface area contributed by atoms with Crippen LogP contribution in [0.5, 0.6) is 11.5 Å². The molecule has 2 aliphatic heterocycles. The van der Waals surface area contributed by atoms with Gasteiger partial charge in [-0.2, -0.15) is 10.2 Å². The Kier molecular flexibility index (Phi) is 14.8. The molecule has 15 nitrogen and oxygen atoms in total. The first-order chi connectivity index (χ1) is 21.5. The Morgan fingerprint density at radius 2 is 1.26 bits per heavy atom. The monoisotopic (exact) mass is 634 g/mol. The van der Waals surface area contributed by atoms with Gasteiger partial charge in [-0.15, -0.1) is 0 Å². The van der Waals surface area contributed by atoms with Crippen LogP contribution >= 0.6 is 0 Å². The number of carboxylic acids is 1. The summed E-state index contributed by atoms with van der Waals surface area (Å²) in [5.41, 5.74) is 1.85. The Labute approximate surface area is 278 Å². The van der Waals surface area contributed by atoms with Crippen molar-refractivity contribution < 1.29 is 62.7 Å². The molecule has 0 atom stereocenters. The Morgan fingerprint density at radius 1 is 0.804 bits per heavy atom. The fourth-order valence-electron chi connectivity index (χ4n) is 4.87. The van der Waals surface area contributed by atoms with Crippen LogP contribution in [0.2, 0.25) is 0 Å². The van der Waals surface area contributed by atoms with Crippen LogP contribution in [0, 0.1) is 0 Å². The van der Waals surface area contributed by atoms with Gasteiger partial charge in [-0.25, -0.2) is 18.6 Å². The normalized spacial score (nSPS) is 15.2. The van der Waals surface area contributed by atoms with Crippen LogP contribution in [0.25, 0.3) is 11.0 Å². The van der Waals surface area contributed by atoms with Crippen molar-refractivity contribution in [3.8, 4) is 11.5 Å². The third-order valence-electron chi connectivity index (χ3n) is 7.27. The second-order valence-corrected chi connectivity index (χ2v) is 10.1. The molecule has 6 heterocycles. The van der Waals surface area contributed by atoms with Gasteiger partial charge in [0.15, 0.2) is 0 Å². The van der Waals surface area contributed by atoms with Crippen LogP contribution in [-0.4, -0.2) is 137 Å². The molecule has 0 radical (unpaired) electrons. The van der Waals surface area contributed by atoms with E-state index >= 15 is 0 Å². The number of esters is 1. The standard InChI is InChI=1S/C16H21N3O4.C14H17N3O4.Li.H2O/c1-2-22-16(20)14-12-17-19-4-3-13(11-15(14)19)23-10-7-18-5-8-21-9-6-18;18-14(19)12-10-15-17-2-1-11(9-13(12)17)21-8-5-16-3-6-20-7-4-16;;/h3-4,11-12H,2,5-10H2,1H3;1-2,9-10H,3-8H2,(H,18,19);;1H2/q;;+1;/p-1. The summed E-state index contributed by atoms with van der Waals surface area (Å²) in [6.45, 7) is 11.8. The van der Waals surface area contributed by atoms with Crippen molar-refractivity contribution in [2.24, 2.45) is 0 Å². The number of carbonyl (C=O) groups excluding carboxylic acids is 1. The first-order valence-electron chi connectivity index (χ1n) is 14.7. The second-order valence-electron chi connectivity index (χ2n) is 10.1. The molecular weight excluding hydrogens is 595 g/mol. The van der Waals surface area contributed by atoms with E-state index in [2.05, 4.69) is 20.0 Å². The van der Waals surface area contributed by atoms with Crippen molar-refractivity contribution in [3.05, 3.63) is 60.2 Å². The summed E-state index contributed by atoms with van der Waals surface area (Å²) in [6.07, 6.45) is 6.34. The Hall–Kier alpha value is -3.68. The number of pyridine rings is 2. The van der Waals surface area contributed by atoms with Crippen LogP contribution < -0.4 is 28.3 Å². The summed E-state index contributed by atoms with van der Waals surface area (Å²) < 4.78 is 30.3. The third-order valence-corrected chi connectivity index (χ3v) is 7.27. The molecule has 6 rings (SSSR count). The van der Waals surface area contributed by atoms with E-state index in [0.29, 0.717) is 42.2 Å². The molecule has 0 bridgehead atoms. The van der Waals surface area contributed by atoms with Gasteiger partial charge in [0.1, 0.15) is 35.8 Å². The zero-order valence-corrected chi connectivity index (χ0v) is 26.2. The Bertz CT molecular complexity index is 1540. The summed E-state index contributed by atoms with van der Waals surface area (Å²) in [7, 11) is 0. The predicted octanol–water partition coefficient (Wildman–Crippen LogP) is -1.21. The molecule has 4 aromatic rings. The van der Waals surface area contributed by atoms with E-state index in [0.717, 1.165) is 71.4 Å². The minimum atomic E-state index is -0.990. The molecule has 0 aliphatic carbocycles. The van der Waals surface area contributed by atoms with E-state index in [1.807, 2.05) is 12.1 Å². The minimum Gasteiger partial charge on any atom is -0.870 e. The smallest absolute Gasteiger partial charge is 0.870 e. The van der Waals surface area contributed by atoms with Crippen molar-refractivity contribution in [2.45, 2.75) is 6.92 Å². The van der Waals surface area contributed by atoms with Gasteiger partial charge < -0.3 is 34.3 Å². The predicted molar refractivity (Wildman–Crippen MR) is 161 cm³/mol. The van der Waals surface area contributed by atoms with Crippen molar-refractivity contribution in [3.63, 3.8) is 0 Å². The fourth-order valence-corrected chi connectivity index (χ4v) is 4.87. The van der Waals surface area contributed by atoms with Crippen LogP contribution in [0.15, 0.2) is 49.1 Å². The molecule has 0 amide bonds. The number of rotatable bonds is 11. The van der Waals surface area contributed by atoms with E-state index in [1.54, 1.807) is 36.0 Å². The molecule has 0 unspecified atom stereocenters. The van der Waals surface area contributed by atoms with Crippen LogP contribution in [0.4, 0.5) is 0 Å². The van der Waals surface area contributed by atoms with Gasteiger partial charge in [0, 0.05) is 63.8 Å². The number of morpholine rings is 2. The van der Waals surface area contributed by atoms with Gasteiger partial charge in [0.25, 0.3) is 0 Å². The van der Waals surface area contributed by atoms with E-state index in [9.17, 15) is 9.59 Å². The topological polar surface area (TPSA) is 172 Å². The Balaban J connectivity index is 0.000000241. The average molecular weight is 635 g/mol. The number of aromatic nitrogens is 4. The molecule has 0 aromatic carbocycles. The SMILES string of the molecule is CCOC(=O)c1cnn2ccc(OCCN3CCOCC3)cc12.O=C(O)c1cnn2ccc(OCCN3CCOCC3)cc12.[Li+].[OH-]. The molecule has 244 valence electrons. The molecule has 2 aliphatic rings. The Morgan fingerprint density at radius 3 is 1.72 bits per heavy atom. The van der Waals surface area contributed by atoms with E-state index in [-0.39, 0.29) is 35.9 Å². The summed E-state index contributed by atoms with van der Waals surface area (Å²) in [6, 6.07) is 7.15. The number of ether oxygens (including phenoxy) is 5. The van der Waals surface area contributed by atoms with E-state index in [4.69, 9.17) is 28.8 Å². The van der Waals surface area contributed by atoms with Crippen molar-refractivity contribution in [1.29, 1.82) is 0 Å². The van der Waals surface area contributed by atoms with Crippen molar-refractivity contribution in [1.82, 2.24) is 29.0 Å². The van der Waals surface area contributed by atoms with Gasteiger partial charge in [-0.05, 0) is 19.1 Å². The molecular formula is C30H39LiN6O9. The molecule has 2 saturated heterocycles. The van der Waals surface area contributed by atoms with E-state index < -0.39 is 5.97 Å². The average Bonchev–Trinajstić information content (AvgIpc) is 3.67. The third kappa shape index (κ3) is 9.91.